The molecule has 0 saturated carbocycles. The standard InChI is InChI=1S/C28H29NO2/c1-4-28(30)31-18-6-5-7-25-26-17-16-24(19-27(25)26)29(22-12-8-20(2)9-13-22)23-14-10-21(3)11-15-23/h4,8-17,19,25H,1,5-7,18H2,2-3H3. The van der Waals surface area contributed by atoms with Crippen molar-refractivity contribution in [3.63, 3.8) is 0 Å². The fourth-order valence-corrected chi connectivity index (χ4v) is 4.05. The van der Waals surface area contributed by atoms with Gasteiger partial charge in [0.05, 0.1) is 6.61 Å². The van der Waals surface area contributed by atoms with Crippen molar-refractivity contribution in [1.29, 1.82) is 0 Å². The number of unbranched alkanes of at least 4 members (excludes halogenated alkanes) is 1. The molecule has 0 aliphatic heterocycles. The Bertz CT molecular complexity index is 1020. The zero-order valence-electron chi connectivity index (χ0n) is 18.3. The average Bonchev–Trinajstić information content (AvgIpc) is 3.48. The van der Waals surface area contributed by atoms with Gasteiger partial charge < -0.3 is 9.64 Å². The van der Waals surface area contributed by atoms with Crippen molar-refractivity contribution in [2.45, 2.75) is 39.0 Å². The fraction of sp³-hybridized carbons (Fsp3) is 0.250. The van der Waals surface area contributed by atoms with Crippen LogP contribution < -0.4 is 4.90 Å². The van der Waals surface area contributed by atoms with Gasteiger partial charge in [0.25, 0.3) is 0 Å². The Morgan fingerprint density at radius 3 is 2.03 bits per heavy atom. The van der Waals surface area contributed by atoms with Crippen molar-refractivity contribution in [2.75, 3.05) is 11.5 Å². The van der Waals surface area contributed by atoms with E-state index in [0.717, 1.165) is 30.6 Å². The van der Waals surface area contributed by atoms with Crippen molar-refractivity contribution in [2.24, 2.45) is 0 Å². The van der Waals surface area contributed by atoms with E-state index in [4.69, 9.17) is 4.74 Å². The molecule has 0 N–H and O–H groups in total. The van der Waals surface area contributed by atoms with Gasteiger partial charge in [0.1, 0.15) is 0 Å². The lowest BCUT2D eigenvalue weighted by Gasteiger charge is -2.25. The van der Waals surface area contributed by atoms with E-state index < -0.39 is 0 Å². The summed E-state index contributed by atoms with van der Waals surface area (Å²) in [5.74, 6) is 0.188. The van der Waals surface area contributed by atoms with Crippen molar-refractivity contribution < 1.29 is 9.53 Å². The van der Waals surface area contributed by atoms with Gasteiger partial charge in [0.2, 0.25) is 0 Å². The Labute approximate surface area is 185 Å². The van der Waals surface area contributed by atoms with Crippen LogP contribution in [0.3, 0.4) is 0 Å². The van der Waals surface area contributed by atoms with Crippen LogP contribution in [0.5, 0.6) is 0 Å². The van der Waals surface area contributed by atoms with Crippen LogP contribution in [0, 0.1) is 13.8 Å². The number of carbonyl (C=O) groups excluding carboxylic acids is 1. The molecule has 31 heavy (non-hydrogen) atoms. The summed E-state index contributed by atoms with van der Waals surface area (Å²) in [7, 11) is 0. The lowest BCUT2D eigenvalue weighted by Crippen LogP contribution is -2.09. The highest BCUT2D eigenvalue weighted by Crippen LogP contribution is 2.49. The molecule has 1 unspecified atom stereocenters. The molecule has 0 radical (unpaired) electrons. The number of anilines is 3. The van der Waals surface area contributed by atoms with Crippen LogP contribution in [0.15, 0.2) is 79.4 Å². The van der Waals surface area contributed by atoms with Gasteiger partial charge in [-0.1, -0.05) is 48.0 Å². The maximum Gasteiger partial charge on any atom is 0.330 e. The van der Waals surface area contributed by atoms with Gasteiger partial charge >= 0.3 is 5.97 Å². The topological polar surface area (TPSA) is 29.5 Å². The molecule has 1 aliphatic rings. The van der Waals surface area contributed by atoms with E-state index in [9.17, 15) is 4.79 Å². The highest BCUT2D eigenvalue weighted by molar-refractivity contribution is 5.81. The first-order chi connectivity index (χ1) is 15.1. The molecule has 1 aliphatic carbocycles. The molecule has 3 aromatic rings. The maximum atomic E-state index is 11.1. The van der Waals surface area contributed by atoms with E-state index >= 15 is 0 Å². The largest absolute Gasteiger partial charge is 0.463 e. The third-order valence-corrected chi connectivity index (χ3v) is 5.88. The summed E-state index contributed by atoms with van der Waals surface area (Å²) in [6, 6.07) is 24.2. The Morgan fingerprint density at radius 2 is 1.45 bits per heavy atom. The van der Waals surface area contributed by atoms with Crippen molar-refractivity contribution in [3.8, 4) is 0 Å². The van der Waals surface area contributed by atoms with Gasteiger partial charge in [-0.25, -0.2) is 4.79 Å². The lowest BCUT2D eigenvalue weighted by molar-refractivity contribution is -0.137. The molecule has 0 spiro atoms. The molecule has 1 atom stereocenters. The van der Waals surface area contributed by atoms with Crippen molar-refractivity contribution in [3.05, 3.63) is 102 Å². The molecule has 3 aromatic carbocycles. The van der Waals surface area contributed by atoms with Crippen LogP contribution in [-0.4, -0.2) is 12.6 Å². The predicted molar refractivity (Wildman–Crippen MR) is 127 cm³/mol. The van der Waals surface area contributed by atoms with Gasteiger partial charge in [0.15, 0.2) is 0 Å². The number of esters is 1. The predicted octanol–water partition coefficient (Wildman–Crippen LogP) is 7.12. The fourth-order valence-electron chi connectivity index (χ4n) is 4.05. The molecule has 0 fully saturated rings. The van der Waals surface area contributed by atoms with Gasteiger partial charge in [-0.05, 0) is 80.6 Å². The van der Waals surface area contributed by atoms with Crippen molar-refractivity contribution in [1.82, 2.24) is 0 Å². The van der Waals surface area contributed by atoms with E-state index in [1.165, 1.54) is 34.0 Å². The molecule has 4 rings (SSSR count). The molecule has 0 bridgehead atoms. The normalized spacial score (nSPS) is 13.9. The summed E-state index contributed by atoms with van der Waals surface area (Å²) >= 11 is 0. The molecule has 0 heterocycles. The van der Waals surface area contributed by atoms with E-state index in [-0.39, 0.29) is 5.97 Å². The summed E-state index contributed by atoms with van der Waals surface area (Å²) in [6.45, 7) is 8.12. The Hall–Kier alpha value is -3.33. The highest BCUT2D eigenvalue weighted by atomic mass is 16.5. The van der Waals surface area contributed by atoms with Gasteiger partial charge in [-0.2, -0.15) is 0 Å². The second-order valence-electron chi connectivity index (χ2n) is 8.24. The summed E-state index contributed by atoms with van der Waals surface area (Å²) in [4.78, 5) is 13.4. The lowest BCUT2D eigenvalue weighted by atomic mass is 10.1. The third kappa shape index (κ3) is 4.88. The van der Waals surface area contributed by atoms with Crippen LogP contribution in [0.1, 0.15) is 47.4 Å². The van der Waals surface area contributed by atoms with Crippen LogP contribution in [-0.2, 0) is 9.53 Å². The second kappa shape index (κ2) is 9.22. The summed E-state index contributed by atoms with van der Waals surface area (Å²) in [5.41, 5.74) is 8.91. The van der Waals surface area contributed by atoms with Gasteiger partial charge in [-0.3, -0.25) is 0 Å². The zero-order valence-corrected chi connectivity index (χ0v) is 18.3. The quantitative estimate of drug-likeness (QED) is 0.213. The smallest absolute Gasteiger partial charge is 0.330 e. The first kappa shape index (κ1) is 20.9. The monoisotopic (exact) mass is 411 g/mol. The van der Waals surface area contributed by atoms with Gasteiger partial charge in [-0.15, -0.1) is 0 Å². The molecule has 0 aromatic heterocycles. The minimum absolute atomic E-state index is 0.341. The molecule has 158 valence electrons. The minimum atomic E-state index is -0.341. The Morgan fingerprint density at radius 1 is 0.871 bits per heavy atom. The number of hydrogen-bond donors (Lipinski definition) is 0. The summed E-state index contributed by atoms with van der Waals surface area (Å²) in [6.07, 6.45) is 4.24. The first-order valence-corrected chi connectivity index (χ1v) is 10.9. The number of nitrogens with zero attached hydrogens (tertiary/aromatic N) is 1. The number of hydrogen-bond acceptors (Lipinski definition) is 3. The minimum Gasteiger partial charge on any atom is -0.463 e. The van der Waals surface area contributed by atoms with E-state index in [0.29, 0.717) is 12.5 Å². The Balaban J connectivity index is 1.48. The third-order valence-electron chi connectivity index (χ3n) is 5.88. The molecular weight excluding hydrogens is 382 g/mol. The SMILES string of the molecule is C=CC(=O)OCCCCC1c2ccc(N(c3ccc(C)cc3)c3ccc(C)cc3)cc21. The number of carbonyl (C=O) groups is 1. The number of benzene rings is 3. The molecule has 0 saturated heterocycles. The molecular formula is C28H29NO2. The Kier molecular flexibility index (Phi) is 6.22. The zero-order chi connectivity index (χ0) is 21.8. The van der Waals surface area contributed by atoms with E-state index in [1.807, 2.05) is 0 Å². The van der Waals surface area contributed by atoms with Crippen LogP contribution in [0.25, 0.3) is 0 Å². The average molecular weight is 412 g/mol. The molecule has 3 nitrogen and oxygen atoms in total. The highest BCUT2D eigenvalue weighted by Gasteiger charge is 2.32. The number of fused-ring (bicyclic) bond motifs is 1. The molecule has 0 amide bonds. The maximum absolute atomic E-state index is 11.1. The van der Waals surface area contributed by atoms with Crippen LogP contribution in [0.2, 0.25) is 0 Å². The molecule has 3 heteroatoms. The van der Waals surface area contributed by atoms with Gasteiger partial charge in [0, 0.05) is 29.1 Å². The summed E-state index contributed by atoms with van der Waals surface area (Å²) < 4.78 is 5.07. The first-order valence-electron chi connectivity index (χ1n) is 10.9. The van der Waals surface area contributed by atoms with Crippen LogP contribution >= 0.6 is 0 Å². The van der Waals surface area contributed by atoms with Crippen molar-refractivity contribution >= 4 is 23.0 Å². The number of rotatable bonds is 9. The number of aryl methyl sites for hydroxylation is 2. The van der Waals surface area contributed by atoms with Crippen LogP contribution in [0.4, 0.5) is 17.1 Å². The van der Waals surface area contributed by atoms with E-state index in [2.05, 4.69) is 92.1 Å². The van der Waals surface area contributed by atoms with E-state index in [1.54, 1.807) is 0 Å². The number of ether oxygens (including phenoxy) is 1. The second-order valence-corrected chi connectivity index (χ2v) is 8.24. The summed E-state index contributed by atoms with van der Waals surface area (Å²) in [5, 5.41) is 0.